The first kappa shape index (κ1) is 16.6. The SMILES string of the molecule is CCCc1c(C)n(CCCN)c2c(C(=O)O)cc(CC)cc12. The summed E-state index contributed by atoms with van der Waals surface area (Å²) in [6.45, 7) is 7.69. The van der Waals surface area contributed by atoms with Crippen LogP contribution in [-0.2, 0) is 19.4 Å². The smallest absolute Gasteiger partial charge is 0.337 e. The minimum atomic E-state index is -0.852. The lowest BCUT2D eigenvalue weighted by atomic mass is 10.00. The molecule has 0 amide bonds. The Labute approximate surface area is 131 Å². The van der Waals surface area contributed by atoms with Crippen LogP contribution in [0.1, 0.15) is 53.9 Å². The second-order valence-electron chi connectivity index (χ2n) is 5.81. The molecule has 0 aliphatic rings. The van der Waals surface area contributed by atoms with Gasteiger partial charge in [0.05, 0.1) is 11.1 Å². The van der Waals surface area contributed by atoms with Crippen molar-refractivity contribution in [1.29, 1.82) is 0 Å². The van der Waals surface area contributed by atoms with Gasteiger partial charge in [0.1, 0.15) is 0 Å². The third-order valence-electron chi connectivity index (χ3n) is 4.33. The van der Waals surface area contributed by atoms with Crippen LogP contribution in [0.5, 0.6) is 0 Å². The van der Waals surface area contributed by atoms with Crippen LogP contribution >= 0.6 is 0 Å². The van der Waals surface area contributed by atoms with Gasteiger partial charge in [-0.05, 0) is 56.0 Å². The van der Waals surface area contributed by atoms with Crippen molar-refractivity contribution in [2.45, 2.75) is 53.0 Å². The largest absolute Gasteiger partial charge is 0.478 e. The Bertz CT molecular complexity index is 686. The molecular formula is C18H26N2O2. The molecule has 1 heterocycles. The highest BCUT2D eigenvalue weighted by molar-refractivity contribution is 6.04. The van der Waals surface area contributed by atoms with Crippen molar-refractivity contribution in [3.05, 3.63) is 34.5 Å². The van der Waals surface area contributed by atoms with Crippen molar-refractivity contribution in [2.75, 3.05) is 6.54 Å². The van der Waals surface area contributed by atoms with Gasteiger partial charge < -0.3 is 15.4 Å². The minimum absolute atomic E-state index is 0.414. The Morgan fingerprint density at radius 3 is 2.59 bits per heavy atom. The van der Waals surface area contributed by atoms with Crippen LogP contribution in [0, 0.1) is 6.92 Å². The van der Waals surface area contributed by atoms with E-state index in [4.69, 9.17) is 5.73 Å². The van der Waals surface area contributed by atoms with Crippen molar-refractivity contribution in [3.8, 4) is 0 Å². The van der Waals surface area contributed by atoms with E-state index in [-0.39, 0.29) is 0 Å². The van der Waals surface area contributed by atoms with Gasteiger partial charge in [-0.15, -0.1) is 0 Å². The lowest BCUT2D eigenvalue weighted by Crippen LogP contribution is -2.09. The molecule has 4 heteroatoms. The summed E-state index contributed by atoms with van der Waals surface area (Å²) in [5.41, 5.74) is 10.5. The number of carboxylic acids is 1. The number of aromatic nitrogens is 1. The Hall–Kier alpha value is -1.81. The number of nitrogens with zero attached hydrogens (tertiary/aromatic N) is 1. The van der Waals surface area contributed by atoms with E-state index in [1.807, 2.05) is 6.07 Å². The van der Waals surface area contributed by atoms with Gasteiger partial charge in [0.25, 0.3) is 0 Å². The zero-order valence-electron chi connectivity index (χ0n) is 13.8. The number of carboxylic acid groups (broad SMARTS) is 1. The highest BCUT2D eigenvalue weighted by atomic mass is 16.4. The summed E-state index contributed by atoms with van der Waals surface area (Å²) in [6, 6.07) is 3.98. The molecule has 120 valence electrons. The van der Waals surface area contributed by atoms with Crippen molar-refractivity contribution < 1.29 is 9.90 Å². The molecule has 2 aromatic rings. The van der Waals surface area contributed by atoms with E-state index in [2.05, 4.69) is 31.4 Å². The van der Waals surface area contributed by atoms with E-state index in [1.54, 1.807) is 0 Å². The van der Waals surface area contributed by atoms with Crippen molar-refractivity contribution in [1.82, 2.24) is 4.57 Å². The molecular weight excluding hydrogens is 276 g/mol. The van der Waals surface area contributed by atoms with Crippen LogP contribution in [0.2, 0.25) is 0 Å². The summed E-state index contributed by atoms with van der Waals surface area (Å²) in [5, 5.41) is 10.7. The summed E-state index contributed by atoms with van der Waals surface area (Å²) < 4.78 is 2.15. The molecule has 0 unspecified atom stereocenters. The van der Waals surface area contributed by atoms with Gasteiger partial charge >= 0.3 is 5.97 Å². The second kappa shape index (κ2) is 6.97. The van der Waals surface area contributed by atoms with Gasteiger partial charge in [-0.25, -0.2) is 4.79 Å². The number of aryl methyl sites for hydroxylation is 3. The highest BCUT2D eigenvalue weighted by Gasteiger charge is 2.20. The molecule has 2 rings (SSSR count). The van der Waals surface area contributed by atoms with Crippen LogP contribution in [-0.4, -0.2) is 22.2 Å². The molecule has 0 bridgehead atoms. The van der Waals surface area contributed by atoms with Gasteiger partial charge in [0, 0.05) is 17.6 Å². The number of hydrogen-bond acceptors (Lipinski definition) is 2. The third kappa shape index (κ3) is 2.88. The second-order valence-corrected chi connectivity index (χ2v) is 5.81. The maximum Gasteiger partial charge on any atom is 0.337 e. The fourth-order valence-corrected chi connectivity index (χ4v) is 3.20. The summed E-state index contributed by atoms with van der Waals surface area (Å²) in [5.74, 6) is -0.852. The first-order chi connectivity index (χ1) is 10.5. The average Bonchev–Trinajstić information content (AvgIpc) is 2.77. The molecule has 0 atom stereocenters. The van der Waals surface area contributed by atoms with E-state index in [0.29, 0.717) is 12.1 Å². The molecule has 1 aromatic carbocycles. The van der Waals surface area contributed by atoms with Crippen LogP contribution in [0.3, 0.4) is 0 Å². The number of aromatic carboxylic acids is 1. The maximum atomic E-state index is 11.7. The van der Waals surface area contributed by atoms with Crippen molar-refractivity contribution >= 4 is 16.9 Å². The van der Waals surface area contributed by atoms with Crippen LogP contribution in [0.15, 0.2) is 12.1 Å². The normalized spacial score (nSPS) is 11.3. The van der Waals surface area contributed by atoms with Gasteiger partial charge in [-0.1, -0.05) is 20.3 Å². The van der Waals surface area contributed by atoms with Crippen LogP contribution in [0.25, 0.3) is 10.9 Å². The Balaban J connectivity index is 2.81. The first-order valence-electron chi connectivity index (χ1n) is 8.13. The molecule has 4 nitrogen and oxygen atoms in total. The lowest BCUT2D eigenvalue weighted by molar-refractivity contribution is 0.0698. The number of carbonyl (C=O) groups is 1. The topological polar surface area (TPSA) is 68.2 Å². The highest BCUT2D eigenvalue weighted by Crippen LogP contribution is 2.31. The van der Waals surface area contributed by atoms with E-state index in [9.17, 15) is 9.90 Å². The Kier molecular flexibility index (Phi) is 5.24. The van der Waals surface area contributed by atoms with E-state index < -0.39 is 5.97 Å². The first-order valence-corrected chi connectivity index (χ1v) is 8.13. The molecule has 0 radical (unpaired) electrons. The number of hydrogen-bond donors (Lipinski definition) is 2. The van der Waals surface area contributed by atoms with Crippen molar-refractivity contribution in [3.63, 3.8) is 0 Å². The Morgan fingerprint density at radius 1 is 1.32 bits per heavy atom. The minimum Gasteiger partial charge on any atom is -0.478 e. The quantitative estimate of drug-likeness (QED) is 0.822. The molecule has 0 saturated carbocycles. The average molecular weight is 302 g/mol. The lowest BCUT2D eigenvalue weighted by Gasteiger charge is -2.10. The molecule has 1 aromatic heterocycles. The maximum absolute atomic E-state index is 11.7. The number of nitrogens with two attached hydrogens (primary N) is 1. The van der Waals surface area contributed by atoms with E-state index in [0.717, 1.165) is 48.7 Å². The molecule has 0 aliphatic heterocycles. The molecule has 3 N–H and O–H groups in total. The summed E-state index contributed by atoms with van der Waals surface area (Å²) in [7, 11) is 0. The molecule has 0 spiro atoms. The fourth-order valence-electron chi connectivity index (χ4n) is 3.20. The van der Waals surface area contributed by atoms with Gasteiger partial charge in [0.2, 0.25) is 0 Å². The van der Waals surface area contributed by atoms with E-state index in [1.165, 1.54) is 11.3 Å². The van der Waals surface area contributed by atoms with Crippen LogP contribution < -0.4 is 5.73 Å². The zero-order chi connectivity index (χ0) is 16.3. The molecule has 0 aliphatic carbocycles. The molecule has 0 saturated heterocycles. The monoisotopic (exact) mass is 302 g/mol. The number of benzene rings is 1. The zero-order valence-corrected chi connectivity index (χ0v) is 13.8. The summed E-state index contributed by atoms with van der Waals surface area (Å²) in [6.07, 6.45) is 3.72. The number of rotatable bonds is 7. The molecule has 22 heavy (non-hydrogen) atoms. The summed E-state index contributed by atoms with van der Waals surface area (Å²) in [4.78, 5) is 11.7. The van der Waals surface area contributed by atoms with Gasteiger partial charge in [0.15, 0.2) is 0 Å². The third-order valence-corrected chi connectivity index (χ3v) is 4.33. The van der Waals surface area contributed by atoms with Gasteiger partial charge in [-0.2, -0.15) is 0 Å². The fraction of sp³-hybridized carbons (Fsp3) is 0.500. The number of fused-ring (bicyclic) bond motifs is 1. The standard InChI is InChI=1S/C18H26N2O2/c1-4-7-14-12(3)20(9-6-8-19)17-15(14)10-13(5-2)11-16(17)18(21)22/h10-11H,4-9,19H2,1-3H3,(H,21,22). The van der Waals surface area contributed by atoms with E-state index >= 15 is 0 Å². The van der Waals surface area contributed by atoms with Crippen LogP contribution in [0.4, 0.5) is 0 Å². The molecule has 0 fully saturated rings. The van der Waals surface area contributed by atoms with Crippen molar-refractivity contribution in [2.24, 2.45) is 5.73 Å². The Morgan fingerprint density at radius 2 is 2.05 bits per heavy atom. The predicted molar refractivity (Wildman–Crippen MR) is 90.7 cm³/mol. The predicted octanol–water partition coefficient (Wildman–Crippen LogP) is 3.51. The summed E-state index contributed by atoms with van der Waals surface area (Å²) >= 11 is 0. The van der Waals surface area contributed by atoms with Gasteiger partial charge in [-0.3, -0.25) is 0 Å².